The van der Waals surface area contributed by atoms with Crippen LogP contribution in [0.4, 0.5) is 0 Å². The third-order valence-corrected chi connectivity index (χ3v) is 4.40. The highest BCUT2D eigenvalue weighted by Gasteiger charge is 2.21. The van der Waals surface area contributed by atoms with Crippen LogP contribution < -0.4 is 4.57 Å². The predicted octanol–water partition coefficient (Wildman–Crippen LogP) is 4.59. The summed E-state index contributed by atoms with van der Waals surface area (Å²) in [6.07, 6.45) is 7.06. The highest BCUT2D eigenvalue weighted by Crippen LogP contribution is 2.28. The average Bonchev–Trinajstić information content (AvgIpc) is 3.08. The van der Waals surface area contributed by atoms with Gasteiger partial charge in [0, 0.05) is 18.7 Å². The molecule has 0 N–H and O–H groups in total. The summed E-state index contributed by atoms with van der Waals surface area (Å²) in [6, 6.07) is 8.13. The van der Waals surface area contributed by atoms with Gasteiger partial charge in [0.2, 0.25) is 5.58 Å². The quantitative estimate of drug-likeness (QED) is 0.753. The van der Waals surface area contributed by atoms with Gasteiger partial charge in [-0.3, -0.25) is 0 Å². The molecule has 3 rings (SSSR count). The molecule has 1 aliphatic heterocycles. The third-order valence-electron chi connectivity index (χ3n) is 4.40. The molecule has 1 aliphatic rings. The van der Waals surface area contributed by atoms with Crippen molar-refractivity contribution in [3.8, 4) is 0 Å². The van der Waals surface area contributed by atoms with Gasteiger partial charge in [0.1, 0.15) is 12.3 Å². The maximum absolute atomic E-state index is 5.94. The second kappa shape index (κ2) is 6.95. The number of hydrogen-bond acceptors (Lipinski definition) is 3. The molecule has 4 heteroatoms. The molecule has 126 valence electrons. The van der Waals surface area contributed by atoms with Crippen LogP contribution in [0.2, 0.25) is 0 Å². The van der Waals surface area contributed by atoms with E-state index in [9.17, 15) is 0 Å². The first-order valence-electron chi connectivity index (χ1n) is 8.56. The number of oxazole rings is 1. The standard InChI is InChI=1S/C20H25N2O2/c1-5-21-15(3)16(4)23-19(21)13-9-10-14-20-22(6-2)17-11-7-8-12-18(17)24-20/h7-8,10-14H,5-6,9H2,1-4H3/q+1. The number of hydrogen-bond donors (Lipinski definition) is 0. The second-order valence-corrected chi connectivity index (χ2v) is 5.82. The van der Waals surface area contributed by atoms with E-state index in [1.165, 1.54) is 5.70 Å². The lowest BCUT2D eigenvalue weighted by molar-refractivity contribution is -0.674. The smallest absolute Gasteiger partial charge is 0.373 e. The van der Waals surface area contributed by atoms with Gasteiger partial charge in [0.15, 0.2) is 5.88 Å². The van der Waals surface area contributed by atoms with Crippen LogP contribution in [-0.4, -0.2) is 11.4 Å². The highest BCUT2D eigenvalue weighted by atomic mass is 16.5. The number of aryl methyl sites for hydroxylation is 1. The summed E-state index contributed by atoms with van der Waals surface area (Å²) < 4.78 is 14.0. The monoisotopic (exact) mass is 325 g/mol. The Labute approximate surface area is 143 Å². The molecule has 24 heavy (non-hydrogen) atoms. The Morgan fingerprint density at radius 1 is 1.17 bits per heavy atom. The van der Waals surface area contributed by atoms with Crippen LogP contribution in [-0.2, 0) is 11.3 Å². The summed E-state index contributed by atoms with van der Waals surface area (Å²) in [5, 5.41) is 0. The molecular weight excluding hydrogens is 300 g/mol. The van der Waals surface area contributed by atoms with Gasteiger partial charge < -0.3 is 14.1 Å². The Kier molecular flexibility index (Phi) is 4.74. The summed E-state index contributed by atoms with van der Waals surface area (Å²) in [6.45, 7) is 10.2. The van der Waals surface area contributed by atoms with Crippen LogP contribution in [0.3, 0.4) is 0 Å². The molecule has 0 fully saturated rings. The summed E-state index contributed by atoms with van der Waals surface area (Å²) in [7, 11) is 0. The molecule has 1 aromatic heterocycles. The van der Waals surface area contributed by atoms with Crippen LogP contribution in [0.15, 0.2) is 58.2 Å². The zero-order valence-electron chi connectivity index (χ0n) is 14.9. The zero-order chi connectivity index (χ0) is 17.1. The van der Waals surface area contributed by atoms with Gasteiger partial charge in [0.25, 0.3) is 5.52 Å². The molecule has 4 nitrogen and oxygen atoms in total. The van der Waals surface area contributed by atoms with Crippen molar-refractivity contribution in [1.82, 2.24) is 4.90 Å². The molecule has 0 amide bonds. The Balaban J connectivity index is 1.75. The van der Waals surface area contributed by atoms with Crippen molar-refractivity contribution in [3.05, 3.63) is 59.6 Å². The van der Waals surface area contributed by atoms with Gasteiger partial charge >= 0.3 is 5.89 Å². The first-order chi connectivity index (χ1) is 11.7. The molecule has 0 aliphatic carbocycles. The van der Waals surface area contributed by atoms with E-state index in [0.29, 0.717) is 0 Å². The summed E-state index contributed by atoms with van der Waals surface area (Å²) >= 11 is 0. The van der Waals surface area contributed by atoms with E-state index in [-0.39, 0.29) is 0 Å². The number of ether oxygens (including phenoxy) is 1. The maximum atomic E-state index is 5.94. The number of para-hydroxylation sites is 2. The summed E-state index contributed by atoms with van der Waals surface area (Å²) in [4.78, 5) is 2.19. The van der Waals surface area contributed by atoms with Crippen LogP contribution in [0, 0.1) is 0 Å². The van der Waals surface area contributed by atoms with Crippen LogP contribution in [0.25, 0.3) is 17.2 Å². The minimum absolute atomic E-state index is 0.799. The van der Waals surface area contributed by atoms with Crippen molar-refractivity contribution in [2.45, 2.75) is 40.7 Å². The third kappa shape index (κ3) is 2.96. The van der Waals surface area contributed by atoms with E-state index >= 15 is 0 Å². The molecule has 2 aromatic rings. The molecule has 0 radical (unpaired) electrons. The van der Waals surface area contributed by atoms with Crippen molar-refractivity contribution in [2.24, 2.45) is 0 Å². The molecule has 0 saturated heterocycles. The molecular formula is C20H25N2O2+. The minimum atomic E-state index is 0.799. The summed E-state index contributed by atoms with van der Waals surface area (Å²) in [5.74, 6) is 2.78. The van der Waals surface area contributed by atoms with Crippen molar-refractivity contribution in [2.75, 3.05) is 6.54 Å². The zero-order valence-corrected chi connectivity index (χ0v) is 14.9. The number of benzene rings is 1. The van der Waals surface area contributed by atoms with Gasteiger partial charge in [-0.2, -0.15) is 4.57 Å². The van der Waals surface area contributed by atoms with E-state index in [1.807, 2.05) is 31.2 Å². The lowest BCUT2D eigenvalue weighted by Gasteiger charge is -2.16. The fourth-order valence-electron chi connectivity index (χ4n) is 3.03. The van der Waals surface area contributed by atoms with E-state index in [0.717, 1.165) is 48.1 Å². The number of aromatic nitrogens is 1. The fraction of sp³-hybridized carbons (Fsp3) is 0.350. The molecule has 2 heterocycles. The molecule has 0 spiro atoms. The van der Waals surface area contributed by atoms with Crippen molar-refractivity contribution in [3.63, 3.8) is 0 Å². The van der Waals surface area contributed by atoms with Gasteiger partial charge in [-0.05, 0) is 46.3 Å². The normalized spacial score (nSPS) is 16.8. The number of fused-ring (bicyclic) bond motifs is 1. The molecule has 0 saturated carbocycles. The summed E-state index contributed by atoms with van der Waals surface area (Å²) in [5.41, 5.74) is 3.24. The minimum Gasteiger partial charge on any atom is -0.444 e. The first-order valence-corrected chi connectivity index (χ1v) is 8.56. The van der Waals surface area contributed by atoms with Gasteiger partial charge in [-0.25, -0.2) is 0 Å². The predicted molar refractivity (Wildman–Crippen MR) is 95.7 cm³/mol. The van der Waals surface area contributed by atoms with Crippen molar-refractivity contribution >= 4 is 17.2 Å². The Hall–Kier alpha value is -2.49. The molecule has 0 atom stereocenters. The van der Waals surface area contributed by atoms with Gasteiger partial charge in [-0.15, -0.1) is 0 Å². The van der Waals surface area contributed by atoms with Gasteiger partial charge in [0.05, 0.1) is 5.70 Å². The number of rotatable bonds is 5. The van der Waals surface area contributed by atoms with Crippen molar-refractivity contribution in [1.29, 1.82) is 0 Å². The lowest BCUT2D eigenvalue weighted by atomic mass is 10.3. The maximum Gasteiger partial charge on any atom is 0.373 e. The fourth-order valence-corrected chi connectivity index (χ4v) is 3.03. The number of allylic oxidation sites excluding steroid dienone is 4. The van der Waals surface area contributed by atoms with E-state index < -0.39 is 0 Å². The molecule has 1 aromatic carbocycles. The second-order valence-electron chi connectivity index (χ2n) is 5.82. The Morgan fingerprint density at radius 2 is 1.96 bits per heavy atom. The van der Waals surface area contributed by atoms with E-state index in [1.54, 1.807) is 0 Å². The largest absolute Gasteiger partial charge is 0.444 e. The van der Waals surface area contributed by atoms with Crippen molar-refractivity contribution < 1.29 is 13.7 Å². The topological polar surface area (TPSA) is 29.5 Å². The van der Waals surface area contributed by atoms with Crippen LogP contribution in [0.1, 0.15) is 40.0 Å². The first kappa shape index (κ1) is 16.4. The lowest BCUT2D eigenvalue weighted by Crippen LogP contribution is -2.33. The van der Waals surface area contributed by atoms with Crippen LogP contribution in [0.5, 0.6) is 0 Å². The number of nitrogens with zero attached hydrogens (tertiary/aromatic N) is 2. The average molecular weight is 325 g/mol. The highest BCUT2D eigenvalue weighted by molar-refractivity contribution is 5.69. The van der Waals surface area contributed by atoms with Gasteiger partial charge in [-0.1, -0.05) is 18.2 Å². The van der Waals surface area contributed by atoms with Crippen LogP contribution >= 0.6 is 0 Å². The molecule has 0 bridgehead atoms. The van der Waals surface area contributed by atoms with E-state index in [2.05, 4.69) is 48.5 Å². The van der Waals surface area contributed by atoms with E-state index in [4.69, 9.17) is 9.15 Å². The Morgan fingerprint density at radius 3 is 2.71 bits per heavy atom. The molecule has 0 unspecified atom stereocenters. The Bertz CT molecular complexity index is 827. The SMILES string of the molecule is CCN1C(=CCC=Cc2oc3ccccc3[n+]2CC)OC(C)=C1C.